The minimum atomic E-state index is -0.730. The van der Waals surface area contributed by atoms with Crippen LogP contribution in [0.25, 0.3) is 0 Å². The molecule has 0 aromatic heterocycles. The summed E-state index contributed by atoms with van der Waals surface area (Å²) in [5.74, 6) is -1.43. The molecule has 2 amide bonds. The van der Waals surface area contributed by atoms with Crippen molar-refractivity contribution in [3.05, 3.63) is 28.8 Å². The van der Waals surface area contributed by atoms with Crippen LogP contribution in [0.2, 0.25) is 5.02 Å². The molecule has 0 saturated heterocycles. The van der Waals surface area contributed by atoms with Gasteiger partial charge in [0.25, 0.3) is 0 Å². The molecule has 0 spiro atoms. The first-order chi connectivity index (χ1) is 9.45. The molecule has 5 nitrogen and oxygen atoms in total. The molecule has 0 heterocycles. The summed E-state index contributed by atoms with van der Waals surface area (Å²) >= 11 is 5.94. The molecule has 1 aromatic rings. The molecule has 0 aliphatic rings. The van der Waals surface area contributed by atoms with E-state index in [1.165, 1.54) is 0 Å². The second-order valence-corrected chi connectivity index (χ2v) is 5.01. The second-order valence-electron chi connectivity index (χ2n) is 4.61. The van der Waals surface area contributed by atoms with Crippen molar-refractivity contribution >= 4 is 29.1 Å². The minimum absolute atomic E-state index is 0.0636. The zero-order valence-corrected chi connectivity index (χ0v) is 12.3. The van der Waals surface area contributed by atoms with Crippen molar-refractivity contribution in [3.8, 4) is 0 Å². The normalized spacial score (nSPS) is 11.8. The Bertz CT molecular complexity index is 491. The molecular weight excluding hydrogens is 280 g/mol. The van der Waals surface area contributed by atoms with Gasteiger partial charge in [0.2, 0.25) is 0 Å². The van der Waals surface area contributed by atoms with Crippen LogP contribution in [0.15, 0.2) is 18.2 Å². The van der Waals surface area contributed by atoms with Crippen LogP contribution in [-0.4, -0.2) is 29.6 Å². The lowest BCUT2D eigenvalue weighted by molar-refractivity contribution is -0.136. The van der Waals surface area contributed by atoms with Gasteiger partial charge in [0.15, 0.2) is 0 Å². The van der Waals surface area contributed by atoms with Gasteiger partial charge in [-0.2, -0.15) is 0 Å². The molecule has 0 aliphatic carbocycles. The summed E-state index contributed by atoms with van der Waals surface area (Å²) in [6, 6.07) is 4.93. The van der Waals surface area contributed by atoms with Gasteiger partial charge in [0.05, 0.1) is 0 Å². The summed E-state index contributed by atoms with van der Waals surface area (Å²) in [4.78, 5) is 23.5. The summed E-state index contributed by atoms with van der Waals surface area (Å²) < 4.78 is 0. The topological polar surface area (TPSA) is 78.4 Å². The number of hydrogen-bond acceptors (Lipinski definition) is 3. The standard InChI is InChI=1S/C14H19ClN2O3/c1-9(5-4-8-18)16-13(19)14(20)17-12-7-3-6-11(15)10(12)2/h3,6-7,9,18H,4-5,8H2,1-2H3,(H,16,19)(H,17,20). The van der Waals surface area contributed by atoms with Crippen molar-refractivity contribution in [1.29, 1.82) is 0 Å². The van der Waals surface area contributed by atoms with Gasteiger partial charge in [-0.3, -0.25) is 9.59 Å². The van der Waals surface area contributed by atoms with Gasteiger partial charge in [-0.15, -0.1) is 0 Å². The van der Waals surface area contributed by atoms with E-state index in [1.807, 2.05) is 0 Å². The van der Waals surface area contributed by atoms with Crippen molar-refractivity contribution < 1.29 is 14.7 Å². The monoisotopic (exact) mass is 298 g/mol. The van der Waals surface area contributed by atoms with E-state index >= 15 is 0 Å². The molecule has 0 aliphatic heterocycles. The van der Waals surface area contributed by atoms with E-state index in [9.17, 15) is 9.59 Å². The molecule has 1 aromatic carbocycles. The molecule has 0 saturated carbocycles. The number of hydrogen-bond donors (Lipinski definition) is 3. The third-order valence-corrected chi connectivity index (χ3v) is 3.30. The van der Waals surface area contributed by atoms with Crippen LogP contribution in [0.3, 0.4) is 0 Å². The molecule has 6 heteroatoms. The Morgan fingerprint density at radius 3 is 2.70 bits per heavy atom. The summed E-state index contributed by atoms with van der Waals surface area (Å²) in [7, 11) is 0. The molecule has 1 atom stereocenters. The smallest absolute Gasteiger partial charge is 0.313 e. The Balaban J connectivity index is 2.58. The quantitative estimate of drug-likeness (QED) is 0.726. The number of rotatable bonds is 5. The van der Waals surface area contributed by atoms with Crippen LogP contribution in [-0.2, 0) is 9.59 Å². The van der Waals surface area contributed by atoms with Gasteiger partial charge >= 0.3 is 11.8 Å². The highest BCUT2D eigenvalue weighted by Crippen LogP contribution is 2.22. The average molecular weight is 299 g/mol. The van der Waals surface area contributed by atoms with Crippen molar-refractivity contribution in [1.82, 2.24) is 5.32 Å². The van der Waals surface area contributed by atoms with Gasteiger partial charge in [-0.1, -0.05) is 17.7 Å². The summed E-state index contributed by atoms with van der Waals surface area (Å²) in [6.45, 7) is 3.61. The third kappa shape index (κ3) is 4.83. The lowest BCUT2D eigenvalue weighted by Gasteiger charge is -2.14. The Morgan fingerprint density at radius 2 is 2.05 bits per heavy atom. The molecular formula is C14H19ClN2O3. The summed E-state index contributed by atoms with van der Waals surface area (Å²) in [5.41, 5.74) is 1.23. The maximum absolute atomic E-state index is 11.8. The molecule has 0 fully saturated rings. The van der Waals surface area contributed by atoms with Gasteiger partial charge in [-0.25, -0.2) is 0 Å². The number of carbonyl (C=O) groups excluding carboxylic acids is 2. The van der Waals surface area contributed by atoms with Gasteiger partial charge < -0.3 is 15.7 Å². The number of aliphatic hydroxyl groups excluding tert-OH is 1. The fourth-order valence-corrected chi connectivity index (χ4v) is 1.86. The van der Waals surface area contributed by atoms with Gasteiger partial charge in [0, 0.05) is 23.4 Å². The summed E-state index contributed by atoms with van der Waals surface area (Å²) in [5, 5.41) is 14.3. The van der Waals surface area contributed by atoms with E-state index in [4.69, 9.17) is 16.7 Å². The molecule has 1 unspecified atom stereocenters. The highest BCUT2D eigenvalue weighted by Gasteiger charge is 2.17. The number of aliphatic hydroxyl groups is 1. The second kappa shape index (κ2) is 7.87. The van der Waals surface area contributed by atoms with Crippen molar-refractivity contribution in [2.45, 2.75) is 32.7 Å². The van der Waals surface area contributed by atoms with Crippen molar-refractivity contribution in [3.63, 3.8) is 0 Å². The lowest BCUT2D eigenvalue weighted by atomic mass is 10.2. The number of amides is 2. The molecule has 20 heavy (non-hydrogen) atoms. The first-order valence-electron chi connectivity index (χ1n) is 6.43. The van der Waals surface area contributed by atoms with E-state index in [-0.39, 0.29) is 12.6 Å². The predicted octanol–water partition coefficient (Wildman–Crippen LogP) is 1.86. The maximum atomic E-state index is 11.8. The fourth-order valence-electron chi connectivity index (χ4n) is 1.68. The van der Waals surface area contributed by atoms with E-state index in [0.717, 1.165) is 0 Å². The summed E-state index contributed by atoms with van der Waals surface area (Å²) in [6.07, 6.45) is 1.20. The van der Waals surface area contributed by atoms with Crippen LogP contribution >= 0.6 is 11.6 Å². The highest BCUT2D eigenvalue weighted by molar-refractivity contribution is 6.40. The van der Waals surface area contributed by atoms with Crippen LogP contribution in [0, 0.1) is 6.92 Å². The van der Waals surface area contributed by atoms with Crippen LogP contribution in [0.4, 0.5) is 5.69 Å². The van der Waals surface area contributed by atoms with Crippen LogP contribution in [0.5, 0.6) is 0 Å². The minimum Gasteiger partial charge on any atom is -0.396 e. The van der Waals surface area contributed by atoms with Crippen molar-refractivity contribution in [2.75, 3.05) is 11.9 Å². The first-order valence-corrected chi connectivity index (χ1v) is 6.81. The zero-order valence-electron chi connectivity index (χ0n) is 11.6. The number of anilines is 1. The number of nitrogens with one attached hydrogen (secondary N) is 2. The Kier molecular flexibility index (Phi) is 6.48. The Morgan fingerprint density at radius 1 is 1.35 bits per heavy atom. The molecule has 1 rings (SSSR count). The van der Waals surface area contributed by atoms with E-state index < -0.39 is 11.8 Å². The van der Waals surface area contributed by atoms with Crippen molar-refractivity contribution in [2.24, 2.45) is 0 Å². The molecule has 0 radical (unpaired) electrons. The number of halogens is 1. The Hall–Kier alpha value is -1.59. The SMILES string of the molecule is Cc1c(Cl)cccc1NC(=O)C(=O)NC(C)CCCO. The number of benzene rings is 1. The highest BCUT2D eigenvalue weighted by atomic mass is 35.5. The third-order valence-electron chi connectivity index (χ3n) is 2.89. The maximum Gasteiger partial charge on any atom is 0.313 e. The van der Waals surface area contributed by atoms with E-state index in [1.54, 1.807) is 32.0 Å². The van der Waals surface area contributed by atoms with Gasteiger partial charge in [0.1, 0.15) is 0 Å². The molecule has 0 bridgehead atoms. The zero-order chi connectivity index (χ0) is 15.1. The van der Waals surface area contributed by atoms with Crippen LogP contribution in [0.1, 0.15) is 25.3 Å². The first kappa shape index (κ1) is 16.5. The average Bonchev–Trinajstić information content (AvgIpc) is 2.41. The predicted molar refractivity (Wildman–Crippen MR) is 78.7 cm³/mol. The van der Waals surface area contributed by atoms with E-state index in [0.29, 0.717) is 29.1 Å². The lowest BCUT2D eigenvalue weighted by Crippen LogP contribution is -2.40. The molecule has 3 N–H and O–H groups in total. The van der Waals surface area contributed by atoms with E-state index in [2.05, 4.69) is 10.6 Å². The number of carbonyl (C=O) groups is 2. The fraction of sp³-hybridized carbons (Fsp3) is 0.429. The van der Waals surface area contributed by atoms with Crippen LogP contribution < -0.4 is 10.6 Å². The molecule has 110 valence electrons. The Labute approximate surface area is 123 Å². The largest absolute Gasteiger partial charge is 0.396 e. The van der Waals surface area contributed by atoms with Gasteiger partial charge in [-0.05, 0) is 44.4 Å².